The van der Waals surface area contributed by atoms with Crippen molar-refractivity contribution in [3.05, 3.63) is 88.5 Å². The van der Waals surface area contributed by atoms with Crippen LogP contribution in [0, 0.1) is 17.5 Å². The van der Waals surface area contributed by atoms with Gasteiger partial charge in [0.1, 0.15) is 17.5 Å². The van der Waals surface area contributed by atoms with Gasteiger partial charge in [0.15, 0.2) is 11.7 Å². The van der Waals surface area contributed by atoms with Crippen LogP contribution in [0.15, 0.2) is 48.8 Å². The van der Waals surface area contributed by atoms with E-state index in [4.69, 9.17) is 0 Å². The van der Waals surface area contributed by atoms with Gasteiger partial charge < -0.3 is 0 Å². The molecule has 0 amide bonds. The van der Waals surface area contributed by atoms with Crippen molar-refractivity contribution in [2.75, 3.05) is 0 Å². The Bertz CT molecular complexity index is 945. The third kappa shape index (κ3) is 5.25. The molecule has 1 aliphatic carbocycles. The SMILES string of the molecule is C=CC(F)=C(F)c1ccc(C2CCC(c3cc(F)c(CCCC)c(F)c3)CC2)c(F)c1. The Hall–Kier alpha value is -2.43. The Morgan fingerprint density at radius 1 is 0.935 bits per heavy atom. The lowest BCUT2D eigenvalue weighted by molar-refractivity contribution is 0.385. The maximum atomic E-state index is 14.6. The predicted molar refractivity (Wildman–Crippen MR) is 115 cm³/mol. The van der Waals surface area contributed by atoms with Gasteiger partial charge in [-0.25, -0.2) is 22.0 Å². The van der Waals surface area contributed by atoms with Crippen LogP contribution in [-0.2, 0) is 6.42 Å². The summed E-state index contributed by atoms with van der Waals surface area (Å²) in [5.41, 5.74) is 1.09. The quantitative estimate of drug-likeness (QED) is 0.302. The molecule has 2 aromatic carbocycles. The van der Waals surface area contributed by atoms with Gasteiger partial charge in [-0.1, -0.05) is 32.1 Å². The van der Waals surface area contributed by atoms with E-state index in [2.05, 4.69) is 6.58 Å². The number of halogens is 5. The van der Waals surface area contributed by atoms with Crippen molar-refractivity contribution in [3.63, 3.8) is 0 Å². The maximum Gasteiger partial charge on any atom is 0.166 e. The van der Waals surface area contributed by atoms with Crippen LogP contribution in [0.3, 0.4) is 0 Å². The van der Waals surface area contributed by atoms with Gasteiger partial charge >= 0.3 is 0 Å². The average Bonchev–Trinajstić information content (AvgIpc) is 2.77. The fourth-order valence-corrected chi connectivity index (χ4v) is 4.41. The zero-order valence-electron chi connectivity index (χ0n) is 17.7. The van der Waals surface area contributed by atoms with Gasteiger partial charge in [0.05, 0.1) is 0 Å². The minimum atomic E-state index is -1.14. The first-order valence-corrected chi connectivity index (χ1v) is 10.8. The van der Waals surface area contributed by atoms with Gasteiger partial charge in [-0.3, -0.25) is 0 Å². The molecule has 0 unspecified atom stereocenters. The highest BCUT2D eigenvalue weighted by Crippen LogP contribution is 2.42. The van der Waals surface area contributed by atoms with Gasteiger partial charge in [-0.2, -0.15) is 0 Å². The Morgan fingerprint density at radius 3 is 2.10 bits per heavy atom. The molecule has 1 aliphatic rings. The molecule has 0 N–H and O–H groups in total. The van der Waals surface area contributed by atoms with E-state index in [1.807, 2.05) is 6.92 Å². The summed E-state index contributed by atoms with van der Waals surface area (Å²) >= 11 is 0. The predicted octanol–water partition coefficient (Wildman–Crippen LogP) is 8.68. The number of rotatable bonds is 7. The first-order chi connectivity index (χ1) is 14.8. The Kier molecular flexibility index (Phi) is 7.69. The van der Waals surface area contributed by atoms with Crippen LogP contribution in [-0.4, -0.2) is 0 Å². The van der Waals surface area contributed by atoms with Crippen LogP contribution in [0.1, 0.15) is 79.5 Å². The number of benzene rings is 2. The van der Waals surface area contributed by atoms with Crippen molar-refractivity contribution in [3.8, 4) is 0 Å². The first-order valence-electron chi connectivity index (χ1n) is 10.8. The third-order valence-electron chi connectivity index (χ3n) is 6.22. The molecular weight excluding hydrogens is 407 g/mol. The molecule has 0 saturated heterocycles. The van der Waals surface area contributed by atoms with Crippen molar-refractivity contribution in [2.45, 2.75) is 63.7 Å². The zero-order chi connectivity index (χ0) is 22.5. The van der Waals surface area contributed by atoms with Gasteiger partial charge in [0.2, 0.25) is 0 Å². The molecule has 0 heterocycles. The van der Waals surface area contributed by atoms with Crippen LogP contribution in [0.2, 0.25) is 0 Å². The number of hydrogen-bond donors (Lipinski definition) is 0. The molecular formula is C26H27F5. The van der Waals surface area contributed by atoms with Gasteiger partial charge in [0, 0.05) is 11.1 Å². The highest BCUT2D eigenvalue weighted by Gasteiger charge is 2.27. The summed E-state index contributed by atoms with van der Waals surface area (Å²) in [4.78, 5) is 0. The molecule has 2 aromatic rings. The number of allylic oxidation sites excluding steroid dienone is 2. The molecule has 166 valence electrons. The van der Waals surface area contributed by atoms with Gasteiger partial charge in [-0.15, -0.1) is 0 Å². The molecule has 0 atom stereocenters. The van der Waals surface area contributed by atoms with E-state index < -0.39 is 29.1 Å². The fraction of sp³-hybridized carbons (Fsp3) is 0.385. The van der Waals surface area contributed by atoms with E-state index >= 15 is 0 Å². The van der Waals surface area contributed by atoms with Crippen LogP contribution in [0.5, 0.6) is 0 Å². The molecule has 31 heavy (non-hydrogen) atoms. The monoisotopic (exact) mass is 434 g/mol. The van der Waals surface area contributed by atoms with Crippen molar-refractivity contribution < 1.29 is 22.0 Å². The highest BCUT2D eigenvalue weighted by molar-refractivity contribution is 5.63. The van der Waals surface area contributed by atoms with Crippen molar-refractivity contribution >= 4 is 5.83 Å². The second kappa shape index (κ2) is 10.3. The van der Waals surface area contributed by atoms with E-state index in [1.54, 1.807) is 0 Å². The summed E-state index contributed by atoms with van der Waals surface area (Å²) in [5, 5.41) is 0. The number of hydrogen-bond acceptors (Lipinski definition) is 0. The van der Waals surface area contributed by atoms with Crippen molar-refractivity contribution in [1.82, 2.24) is 0 Å². The van der Waals surface area contributed by atoms with E-state index in [0.717, 1.165) is 25.0 Å². The summed E-state index contributed by atoms with van der Waals surface area (Å²) in [6.45, 7) is 5.15. The van der Waals surface area contributed by atoms with Gasteiger partial charge in [-0.05, 0) is 85.8 Å². The Labute approximate surface area is 180 Å². The van der Waals surface area contributed by atoms with Crippen LogP contribution < -0.4 is 0 Å². The smallest absolute Gasteiger partial charge is 0.166 e. The molecule has 0 nitrogen and oxygen atoms in total. The first kappa shape index (κ1) is 23.2. The average molecular weight is 434 g/mol. The van der Waals surface area contributed by atoms with E-state index in [9.17, 15) is 22.0 Å². The number of unbranched alkanes of at least 4 members (excludes halogenated alkanes) is 1. The Balaban J connectivity index is 1.71. The highest BCUT2D eigenvalue weighted by atomic mass is 19.2. The van der Waals surface area contributed by atoms with Crippen LogP contribution >= 0.6 is 0 Å². The molecule has 0 bridgehead atoms. The molecule has 0 radical (unpaired) electrons. The zero-order valence-corrected chi connectivity index (χ0v) is 17.7. The van der Waals surface area contributed by atoms with Gasteiger partial charge in [0.25, 0.3) is 0 Å². The molecule has 0 aromatic heterocycles. The molecule has 1 fully saturated rings. The molecule has 5 heteroatoms. The van der Waals surface area contributed by atoms with E-state index in [-0.39, 0.29) is 23.0 Å². The summed E-state index contributed by atoms with van der Waals surface area (Å²) in [5.74, 6) is -3.89. The van der Waals surface area contributed by atoms with E-state index in [1.165, 1.54) is 24.3 Å². The molecule has 0 spiro atoms. The largest absolute Gasteiger partial charge is 0.207 e. The van der Waals surface area contributed by atoms with Crippen molar-refractivity contribution in [2.24, 2.45) is 0 Å². The fourth-order valence-electron chi connectivity index (χ4n) is 4.41. The second-order valence-corrected chi connectivity index (χ2v) is 8.22. The summed E-state index contributed by atoms with van der Waals surface area (Å²) in [6.07, 6.45) is 5.41. The third-order valence-corrected chi connectivity index (χ3v) is 6.22. The summed E-state index contributed by atoms with van der Waals surface area (Å²) in [6, 6.07) is 6.74. The maximum absolute atomic E-state index is 14.6. The molecule has 1 saturated carbocycles. The standard InChI is InChI=1S/C26H27F5/c1-3-5-6-21-24(29)14-19(15-25(21)30)16-7-9-17(10-8-16)20-12-11-18(13-23(20)28)26(31)22(27)4-2/h4,11-17H,2-3,5-10H2,1H3. The lowest BCUT2D eigenvalue weighted by Gasteiger charge is -2.29. The van der Waals surface area contributed by atoms with E-state index in [0.29, 0.717) is 43.2 Å². The Morgan fingerprint density at radius 2 is 1.55 bits per heavy atom. The van der Waals surface area contributed by atoms with Crippen molar-refractivity contribution in [1.29, 1.82) is 0 Å². The summed E-state index contributed by atoms with van der Waals surface area (Å²) in [7, 11) is 0. The van der Waals surface area contributed by atoms with Crippen LogP contribution in [0.25, 0.3) is 5.83 Å². The lowest BCUT2D eigenvalue weighted by atomic mass is 9.75. The normalized spacial score (nSPS) is 19.8. The minimum absolute atomic E-state index is 0.0184. The second-order valence-electron chi connectivity index (χ2n) is 8.22. The molecule has 0 aliphatic heterocycles. The lowest BCUT2D eigenvalue weighted by Crippen LogP contribution is -2.14. The topological polar surface area (TPSA) is 0 Å². The van der Waals surface area contributed by atoms with Crippen LogP contribution in [0.4, 0.5) is 22.0 Å². The summed E-state index contributed by atoms with van der Waals surface area (Å²) < 4.78 is 70.7. The minimum Gasteiger partial charge on any atom is -0.207 e. The molecule has 3 rings (SSSR count).